The van der Waals surface area contributed by atoms with Crippen molar-refractivity contribution in [2.75, 3.05) is 0 Å². The number of aliphatic hydroxyl groups is 2. The summed E-state index contributed by atoms with van der Waals surface area (Å²) in [6, 6.07) is 0. The average molecular weight is 242 g/mol. The van der Waals surface area contributed by atoms with E-state index in [4.69, 9.17) is 19.6 Å². The predicted octanol–water partition coefficient (Wildman–Crippen LogP) is -1.87. The van der Waals surface area contributed by atoms with E-state index in [1.54, 1.807) is 0 Å². The number of carbonyl (C=O) groups excluding carboxylic acids is 1. The molecule has 1 heterocycles. The van der Waals surface area contributed by atoms with Gasteiger partial charge in [-0.1, -0.05) is 0 Å². The number of ether oxygens (including phenoxy) is 1. The lowest BCUT2D eigenvalue weighted by Gasteiger charge is -2.33. The second-order valence-electron chi connectivity index (χ2n) is 3.10. The molecule has 1 aliphatic heterocycles. The summed E-state index contributed by atoms with van der Waals surface area (Å²) in [5, 5.41) is 18.3. The van der Waals surface area contributed by atoms with Crippen molar-refractivity contribution in [3.05, 3.63) is 0 Å². The van der Waals surface area contributed by atoms with Crippen LogP contribution in [0.2, 0.25) is 0 Å². The van der Waals surface area contributed by atoms with Crippen molar-refractivity contribution in [2.45, 2.75) is 31.5 Å². The Balaban J connectivity index is 2.75. The van der Waals surface area contributed by atoms with E-state index in [2.05, 4.69) is 4.52 Å². The Kier molecular flexibility index (Phi) is 3.62. The van der Waals surface area contributed by atoms with Gasteiger partial charge < -0.3 is 24.7 Å². The Morgan fingerprint density at radius 3 is 2.33 bits per heavy atom. The first-order valence-corrected chi connectivity index (χ1v) is 5.54. The molecule has 1 fully saturated rings. The standard InChI is InChI=1S/C6H11O8P/c1-2-3(7)4(8)5(9)6(13-2)14-15(10,11)12/h2-3,5-7,9H,1H3,(H2,10,11,12)/t2-,3-,5-,6-/m1/s1. The van der Waals surface area contributed by atoms with Crippen LogP contribution in [0.4, 0.5) is 0 Å². The zero-order valence-corrected chi connectivity index (χ0v) is 8.57. The van der Waals surface area contributed by atoms with Gasteiger partial charge in [-0.2, -0.15) is 0 Å². The number of phosphoric acid groups is 1. The van der Waals surface area contributed by atoms with Crippen LogP contribution in [0, 0.1) is 0 Å². The van der Waals surface area contributed by atoms with Gasteiger partial charge in [0.05, 0.1) is 6.10 Å². The number of hydrogen-bond donors (Lipinski definition) is 4. The number of aliphatic hydroxyl groups excluding tert-OH is 2. The zero-order chi connectivity index (χ0) is 11.8. The van der Waals surface area contributed by atoms with Crippen LogP contribution in [0.5, 0.6) is 0 Å². The van der Waals surface area contributed by atoms with E-state index in [1.807, 2.05) is 0 Å². The van der Waals surface area contributed by atoms with Gasteiger partial charge in [-0.15, -0.1) is 0 Å². The second kappa shape index (κ2) is 4.26. The molecule has 15 heavy (non-hydrogen) atoms. The monoisotopic (exact) mass is 242 g/mol. The van der Waals surface area contributed by atoms with Crippen molar-refractivity contribution in [1.82, 2.24) is 0 Å². The summed E-state index contributed by atoms with van der Waals surface area (Å²) < 4.78 is 19.2. The third-order valence-electron chi connectivity index (χ3n) is 1.88. The summed E-state index contributed by atoms with van der Waals surface area (Å²) in [5.41, 5.74) is 0. The van der Waals surface area contributed by atoms with Crippen molar-refractivity contribution < 1.29 is 38.6 Å². The van der Waals surface area contributed by atoms with Crippen LogP contribution in [0.25, 0.3) is 0 Å². The summed E-state index contributed by atoms with van der Waals surface area (Å²) in [7, 11) is -4.86. The van der Waals surface area contributed by atoms with Crippen LogP contribution in [0.3, 0.4) is 0 Å². The van der Waals surface area contributed by atoms with E-state index in [1.165, 1.54) is 6.92 Å². The van der Waals surface area contributed by atoms with Gasteiger partial charge in [0.25, 0.3) is 0 Å². The number of hydrogen-bond acceptors (Lipinski definition) is 6. The number of rotatable bonds is 2. The summed E-state index contributed by atoms with van der Waals surface area (Å²) in [6.07, 6.45) is -6.21. The highest BCUT2D eigenvalue weighted by atomic mass is 31.2. The second-order valence-corrected chi connectivity index (χ2v) is 4.29. The molecule has 4 N–H and O–H groups in total. The maximum Gasteiger partial charge on any atom is 0.472 e. The first kappa shape index (κ1) is 12.7. The first-order valence-electron chi connectivity index (χ1n) is 4.01. The summed E-state index contributed by atoms with van der Waals surface area (Å²) in [5.74, 6) is -0.993. The highest BCUT2D eigenvalue weighted by Crippen LogP contribution is 2.39. The fourth-order valence-corrected chi connectivity index (χ4v) is 1.55. The molecule has 0 aliphatic carbocycles. The van der Waals surface area contributed by atoms with Crippen molar-refractivity contribution in [1.29, 1.82) is 0 Å². The minimum Gasteiger partial charge on any atom is -0.382 e. The molecule has 9 heteroatoms. The lowest BCUT2D eigenvalue weighted by molar-refractivity contribution is -0.223. The van der Waals surface area contributed by atoms with Gasteiger partial charge in [-0.25, -0.2) is 4.57 Å². The molecule has 0 amide bonds. The molecule has 0 radical (unpaired) electrons. The fraction of sp³-hybridized carbons (Fsp3) is 0.833. The molecule has 1 rings (SSSR count). The predicted molar refractivity (Wildman–Crippen MR) is 44.5 cm³/mol. The molecular weight excluding hydrogens is 231 g/mol. The van der Waals surface area contributed by atoms with Crippen LogP contribution in [-0.4, -0.2) is 50.4 Å². The lowest BCUT2D eigenvalue weighted by atomic mass is 10.0. The number of Topliss-reactive ketones (excluding diaryl/α,β-unsaturated/α-hetero) is 1. The minimum absolute atomic E-state index is 0.993. The number of carbonyl (C=O) groups is 1. The first-order chi connectivity index (χ1) is 6.72. The Labute approximate surface area is 84.7 Å². The molecule has 0 aromatic rings. The highest BCUT2D eigenvalue weighted by Gasteiger charge is 2.44. The number of phosphoric ester groups is 1. The van der Waals surface area contributed by atoms with Crippen LogP contribution in [-0.2, 0) is 18.6 Å². The average Bonchev–Trinajstić information content (AvgIpc) is 2.08. The van der Waals surface area contributed by atoms with Crippen LogP contribution < -0.4 is 0 Å². The van der Waals surface area contributed by atoms with Gasteiger partial charge >= 0.3 is 7.82 Å². The third-order valence-corrected chi connectivity index (χ3v) is 2.36. The van der Waals surface area contributed by atoms with Gasteiger partial charge in [0.2, 0.25) is 6.29 Å². The SMILES string of the molecule is C[C@H]1O[C@H](OP(=O)(O)O)[C@H](O)C(=O)[C@@H]1O. The molecule has 0 spiro atoms. The van der Waals surface area contributed by atoms with E-state index < -0.39 is 38.2 Å². The van der Waals surface area contributed by atoms with Gasteiger partial charge in [-0.3, -0.25) is 9.32 Å². The van der Waals surface area contributed by atoms with Crippen LogP contribution in [0.1, 0.15) is 6.92 Å². The molecule has 88 valence electrons. The van der Waals surface area contributed by atoms with Gasteiger partial charge in [0.1, 0.15) is 6.10 Å². The maximum atomic E-state index is 11.1. The molecular formula is C6H11O8P. The summed E-state index contributed by atoms with van der Waals surface area (Å²) in [4.78, 5) is 28.0. The maximum absolute atomic E-state index is 11.1. The molecule has 0 aromatic carbocycles. The quantitative estimate of drug-likeness (QED) is 0.414. The molecule has 1 aliphatic rings. The van der Waals surface area contributed by atoms with Crippen LogP contribution in [0.15, 0.2) is 0 Å². The topological polar surface area (TPSA) is 134 Å². The Morgan fingerprint density at radius 1 is 1.33 bits per heavy atom. The number of ketones is 1. The van der Waals surface area contributed by atoms with Crippen molar-refractivity contribution in [2.24, 2.45) is 0 Å². The lowest BCUT2D eigenvalue weighted by Crippen LogP contribution is -2.54. The van der Waals surface area contributed by atoms with E-state index in [-0.39, 0.29) is 0 Å². The third kappa shape index (κ3) is 3.05. The van der Waals surface area contributed by atoms with E-state index in [0.717, 1.165) is 0 Å². The van der Waals surface area contributed by atoms with Crippen molar-refractivity contribution in [3.8, 4) is 0 Å². The molecule has 4 atom stereocenters. The zero-order valence-electron chi connectivity index (χ0n) is 7.68. The van der Waals surface area contributed by atoms with Crippen molar-refractivity contribution >= 4 is 13.6 Å². The summed E-state index contributed by atoms with van der Waals surface area (Å²) >= 11 is 0. The summed E-state index contributed by atoms with van der Waals surface area (Å²) in [6.45, 7) is 1.31. The Bertz CT molecular complexity index is 298. The van der Waals surface area contributed by atoms with Gasteiger partial charge in [0, 0.05) is 0 Å². The minimum atomic E-state index is -4.86. The fourth-order valence-electron chi connectivity index (χ4n) is 1.12. The van der Waals surface area contributed by atoms with Gasteiger partial charge in [0.15, 0.2) is 11.9 Å². The molecule has 1 saturated heterocycles. The van der Waals surface area contributed by atoms with E-state index >= 15 is 0 Å². The molecule has 8 nitrogen and oxygen atoms in total. The van der Waals surface area contributed by atoms with E-state index in [9.17, 15) is 14.5 Å². The molecule has 0 bridgehead atoms. The Morgan fingerprint density at radius 2 is 1.87 bits per heavy atom. The highest BCUT2D eigenvalue weighted by molar-refractivity contribution is 7.46. The smallest absolute Gasteiger partial charge is 0.382 e. The van der Waals surface area contributed by atoms with Crippen molar-refractivity contribution in [3.63, 3.8) is 0 Å². The molecule has 0 saturated carbocycles. The molecule has 0 aromatic heterocycles. The van der Waals surface area contributed by atoms with E-state index in [0.29, 0.717) is 0 Å². The normalized spacial score (nSPS) is 38.1. The van der Waals surface area contributed by atoms with Gasteiger partial charge in [-0.05, 0) is 6.92 Å². The molecule has 0 unspecified atom stereocenters. The van der Waals surface area contributed by atoms with Crippen LogP contribution >= 0.6 is 7.82 Å². The largest absolute Gasteiger partial charge is 0.472 e. The Hall–Kier alpha value is -0.340.